The molecule has 22 heavy (non-hydrogen) atoms. The summed E-state index contributed by atoms with van der Waals surface area (Å²) in [6.45, 7) is -0.307. The molecule has 2 aromatic carbocycles. The molecular formula is C16H14FNO4. The molecule has 6 heteroatoms. The minimum atomic E-state index is -0.436. The first-order valence-corrected chi connectivity index (χ1v) is 6.44. The predicted molar refractivity (Wildman–Crippen MR) is 78.9 cm³/mol. The van der Waals surface area contributed by atoms with Gasteiger partial charge in [-0.25, -0.2) is 4.39 Å². The second-order valence-corrected chi connectivity index (χ2v) is 4.34. The van der Waals surface area contributed by atoms with Crippen LogP contribution in [0, 0.1) is 5.82 Å². The molecule has 0 aliphatic heterocycles. The van der Waals surface area contributed by atoms with E-state index in [0.29, 0.717) is 17.7 Å². The highest BCUT2D eigenvalue weighted by atomic mass is 19.1. The molecule has 0 aromatic heterocycles. The lowest BCUT2D eigenvalue weighted by atomic mass is 10.2. The van der Waals surface area contributed by atoms with Gasteiger partial charge in [0.2, 0.25) is 0 Å². The summed E-state index contributed by atoms with van der Waals surface area (Å²) in [6, 6.07) is 10.2. The molecule has 0 unspecified atom stereocenters. The Morgan fingerprint density at radius 3 is 2.59 bits per heavy atom. The lowest BCUT2D eigenvalue weighted by molar-refractivity contribution is -0.118. The van der Waals surface area contributed by atoms with Gasteiger partial charge in [0, 0.05) is 5.69 Å². The number of aldehydes is 1. The quantitative estimate of drug-likeness (QED) is 0.833. The van der Waals surface area contributed by atoms with Gasteiger partial charge < -0.3 is 14.8 Å². The average Bonchev–Trinajstić information content (AvgIpc) is 2.54. The maximum Gasteiger partial charge on any atom is 0.262 e. The number of benzene rings is 2. The smallest absolute Gasteiger partial charge is 0.262 e. The fraction of sp³-hybridized carbons (Fsp3) is 0.125. The molecule has 5 nitrogen and oxygen atoms in total. The Bertz CT molecular complexity index is 670. The molecule has 0 saturated heterocycles. The van der Waals surface area contributed by atoms with Crippen molar-refractivity contribution < 1.29 is 23.5 Å². The van der Waals surface area contributed by atoms with E-state index in [0.717, 1.165) is 0 Å². The van der Waals surface area contributed by atoms with Gasteiger partial charge in [0.05, 0.1) is 12.7 Å². The highest BCUT2D eigenvalue weighted by molar-refractivity contribution is 5.92. The Labute approximate surface area is 126 Å². The SMILES string of the molecule is COc1cccc(C=O)c1OCC(=O)Nc1ccc(F)cc1. The molecule has 1 amide bonds. The Morgan fingerprint density at radius 2 is 1.95 bits per heavy atom. The molecule has 0 spiro atoms. The van der Waals surface area contributed by atoms with Crippen LogP contribution in [0.5, 0.6) is 11.5 Å². The van der Waals surface area contributed by atoms with Crippen LogP contribution in [0.2, 0.25) is 0 Å². The number of methoxy groups -OCH3 is 1. The number of hydrogen-bond acceptors (Lipinski definition) is 4. The summed E-state index contributed by atoms with van der Waals surface area (Å²) >= 11 is 0. The molecule has 0 radical (unpaired) electrons. The van der Waals surface area contributed by atoms with Crippen LogP contribution in [0.15, 0.2) is 42.5 Å². The van der Waals surface area contributed by atoms with Crippen LogP contribution in [0.3, 0.4) is 0 Å². The molecule has 2 aromatic rings. The van der Waals surface area contributed by atoms with Crippen LogP contribution in [0.1, 0.15) is 10.4 Å². The largest absolute Gasteiger partial charge is 0.493 e. The predicted octanol–water partition coefficient (Wildman–Crippen LogP) is 2.66. The van der Waals surface area contributed by atoms with E-state index in [1.807, 2.05) is 0 Å². The highest BCUT2D eigenvalue weighted by Crippen LogP contribution is 2.29. The van der Waals surface area contributed by atoms with E-state index in [4.69, 9.17) is 9.47 Å². The van der Waals surface area contributed by atoms with Gasteiger partial charge in [-0.2, -0.15) is 0 Å². The van der Waals surface area contributed by atoms with E-state index in [2.05, 4.69) is 5.32 Å². The Hall–Kier alpha value is -2.89. The van der Waals surface area contributed by atoms with Crippen molar-refractivity contribution in [3.8, 4) is 11.5 Å². The molecule has 0 saturated carbocycles. The maximum atomic E-state index is 12.8. The molecule has 0 fully saturated rings. The Balaban J connectivity index is 2.02. The summed E-state index contributed by atoms with van der Waals surface area (Å²) in [5.74, 6) is -0.262. The number of rotatable bonds is 6. The highest BCUT2D eigenvalue weighted by Gasteiger charge is 2.12. The second-order valence-electron chi connectivity index (χ2n) is 4.34. The van der Waals surface area contributed by atoms with Gasteiger partial charge in [0.1, 0.15) is 5.82 Å². The van der Waals surface area contributed by atoms with Crippen molar-refractivity contribution in [2.24, 2.45) is 0 Å². The summed E-state index contributed by atoms with van der Waals surface area (Å²) in [6.07, 6.45) is 0.621. The van der Waals surface area contributed by atoms with Crippen molar-refractivity contribution >= 4 is 17.9 Å². The average molecular weight is 303 g/mol. The lowest BCUT2D eigenvalue weighted by Crippen LogP contribution is -2.20. The molecule has 0 aliphatic rings. The fourth-order valence-electron chi connectivity index (χ4n) is 1.81. The first-order valence-electron chi connectivity index (χ1n) is 6.44. The van der Waals surface area contributed by atoms with Crippen LogP contribution < -0.4 is 14.8 Å². The molecule has 114 valence electrons. The number of halogens is 1. The molecular weight excluding hydrogens is 289 g/mol. The van der Waals surface area contributed by atoms with Gasteiger partial charge in [-0.05, 0) is 36.4 Å². The van der Waals surface area contributed by atoms with Crippen molar-refractivity contribution in [2.75, 3.05) is 19.0 Å². The standard InChI is InChI=1S/C16H14FNO4/c1-21-14-4-2-3-11(9-19)16(14)22-10-15(20)18-13-7-5-12(17)6-8-13/h2-9H,10H2,1H3,(H,18,20). The van der Waals surface area contributed by atoms with Crippen molar-refractivity contribution in [1.29, 1.82) is 0 Å². The van der Waals surface area contributed by atoms with Gasteiger partial charge in [-0.3, -0.25) is 9.59 Å². The minimum absolute atomic E-state index is 0.203. The van der Waals surface area contributed by atoms with Crippen molar-refractivity contribution in [2.45, 2.75) is 0 Å². The van der Waals surface area contributed by atoms with Gasteiger partial charge in [0.25, 0.3) is 5.91 Å². The van der Waals surface area contributed by atoms with Crippen LogP contribution in [-0.2, 0) is 4.79 Å². The van der Waals surface area contributed by atoms with E-state index >= 15 is 0 Å². The zero-order valence-corrected chi connectivity index (χ0v) is 11.8. The van der Waals surface area contributed by atoms with Crippen LogP contribution in [0.4, 0.5) is 10.1 Å². The van der Waals surface area contributed by atoms with Crippen molar-refractivity contribution in [3.05, 3.63) is 53.8 Å². The van der Waals surface area contributed by atoms with Gasteiger partial charge in [-0.15, -0.1) is 0 Å². The molecule has 0 atom stereocenters. The number of amides is 1. The van der Waals surface area contributed by atoms with E-state index in [9.17, 15) is 14.0 Å². The lowest BCUT2D eigenvalue weighted by Gasteiger charge is -2.12. The monoisotopic (exact) mass is 303 g/mol. The van der Waals surface area contributed by atoms with Crippen LogP contribution in [0.25, 0.3) is 0 Å². The van der Waals surface area contributed by atoms with Gasteiger partial charge >= 0.3 is 0 Å². The number of para-hydroxylation sites is 1. The third kappa shape index (κ3) is 3.82. The first-order chi connectivity index (χ1) is 10.6. The first kappa shape index (κ1) is 15.5. The summed E-state index contributed by atoms with van der Waals surface area (Å²) in [7, 11) is 1.44. The zero-order chi connectivity index (χ0) is 15.9. The third-order valence-corrected chi connectivity index (χ3v) is 2.83. The number of ether oxygens (including phenoxy) is 2. The topological polar surface area (TPSA) is 64.6 Å². The number of nitrogens with one attached hydrogen (secondary N) is 1. The molecule has 0 bridgehead atoms. The van der Waals surface area contributed by atoms with Gasteiger partial charge in [-0.1, -0.05) is 6.07 Å². The van der Waals surface area contributed by atoms with E-state index < -0.39 is 5.91 Å². The van der Waals surface area contributed by atoms with Gasteiger partial charge in [0.15, 0.2) is 24.4 Å². The van der Waals surface area contributed by atoms with E-state index in [-0.39, 0.29) is 23.7 Å². The second kappa shape index (κ2) is 7.21. The Morgan fingerprint density at radius 1 is 1.23 bits per heavy atom. The number of carbonyl (C=O) groups excluding carboxylic acids is 2. The minimum Gasteiger partial charge on any atom is -0.493 e. The maximum absolute atomic E-state index is 12.8. The zero-order valence-electron chi connectivity index (χ0n) is 11.8. The Kier molecular flexibility index (Phi) is 5.08. The summed E-state index contributed by atoms with van der Waals surface area (Å²) in [5, 5.41) is 2.55. The third-order valence-electron chi connectivity index (χ3n) is 2.83. The van der Waals surface area contributed by atoms with E-state index in [1.165, 1.54) is 31.4 Å². The van der Waals surface area contributed by atoms with Crippen LogP contribution in [-0.4, -0.2) is 25.9 Å². The van der Waals surface area contributed by atoms with Crippen molar-refractivity contribution in [1.82, 2.24) is 0 Å². The van der Waals surface area contributed by atoms with E-state index in [1.54, 1.807) is 18.2 Å². The summed E-state index contributed by atoms with van der Waals surface area (Å²) < 4.78 is 23.2. The summed E-state index contributed by atoms with van der Waals surface area (Å²) in [4.78, 5) is 22.8. The van der Waals surface area contributed by atoms with Crippen LogP contribution >= 0.6 is 0 Å². The molecule has 0 aliphatic carbocycles. The number of anilines is 1. The fourth-order valence-corrected chi connectivity index (χ4v) is 1.81. The van der Waals surface area contributed by atoms with Crippen molar-refractivity contribution in [3.63, 3.8) is 0 Å². The number of carbonyl (C=O) groups is 2. The number of hydrogen-bond donors (Lipinski definition) is 1. The molecule has 0 heterocycles. The summed E-state index contributed by atoms with van der Waals surface area (Å²) in [5.41, 5.74) is 0.736. The molecule has 1 N–H and O–H groups in total. The molecule has 2 rings (SSSR count). The normalized spacial score (nSPS) is 9.91.